The van der Waals surface area contributed by atoms with E-state index in [4.69, 9.17) is 5.73 Å². The van der Waals surface area contributed by atoms with Crippen molar-refractivity contribution < 1.29 is 9.59 Å². The summed E-state index contributed by atoms with van der Waals surface area (Å²) in [5, 5.41) is 5.23. The van der Waals surface area contributed by atoms with Crippen molar-refractivity contribution in [1.82, 2.24) is 5.01 Å². The fraction of sp³-hybridized carbons (Fsp3) is 0.571. The van der Waals surface area contributed by atoms with Crippen LogP contribution in [0.1, 0.15) is 19.8 Å². The molecule has 0 atom stereocenters. The highest BCUT2D eigenvalue weighted by molar-refractivity contribution is 6.03. The average molecular weight is 169 g/mol. The van der Waals surface area contributed by atoms with E-state index in [0.717, 1.165) is 5.71 Å². The number of hydrazone groups is 1. The molecule has 0 bridgehead atoms. The molecule has 1 heterocycles. The summed E-state index contributed by atoms with van der Waals surface area (Å²) in [6, 6.07) is 0. The van der Waals surface area contributed by atoms with Crippen LogP contribution in [0.15, 0.2) is 5.10 Å². The summed E-state index contributed by atoms with van der Waals surface area (Å²) in [5.41, 5.74) is 5.71. The lowest BCUT2D eigenvalue weighted by molar-refractivity contribution is -0.129. The second kappa shape index (κ2) is 3.34. The molecule has 0 aromatic carbocycles. The number of carbonyl (C=O) groups is 2. The fourth-order valence-electron chi connectivity index (χ4n) is 0.998. The highest BCUT2D eigenvalue weighted by Gasteiger charge is 2.20. The van der Waals surface area contributed by atoms with Gasteiger partial charge in [0.25, 0.3) is 0 Å². The molecule has 0 saturated carbocycles. The van der Waals surface area contributed by atoms with Gasteiger partial charge < -0.3 is 5.73 Å². The van der Waals surface area contributed by atoms with Gasteiger partial charge >= 0.3 is 0 Å². The summed E-state index contributed by atoms with van der Waals surface area (Å²) in [6.45, 7) is 2.08. The van der Waals surface area contributed by atoms with Crippen molar-refractivity contribution in [2.24, 2.45) is 10.8 Å². The van der Waals surface area contributed by atoms with Crippen LogP contribution in [0.3, 0.4) is 0 Å². The van der Waals surface area contributed by atoms with Gasteiger partial charge in [0.2, 0.25) is 11.8 Å². The normalized spacial score (nSPS) is 16.6. The Bertz CT molecular complexity index is 247. The SMILES string of the molecule is CC1=NN(CCC(N)=O)C(=O)C1. The lowest BCUT2D eigenvalue weighted by Crippen LogP contribution is -2.25. The van der Waals surface area contributed by atoms with Crippen molar-refractivity contribution in [2.75, 3.05) is 6.54 Å². The van der Waals surface area contributed by atoms with Gasteiger partial charge in [-0.3, -0.25) is 9.59 Å². The second-order valence-electron chi connectivity index (χ2n) is 2.75. The van der Waals surface area contributed by atoms with E-state index in [1.165, 1.54) is 5.01 Å². The molecular formula is C7H11N3O2. The largest absolute Gasteiger partial charge is 0.370 e. The summed E-state index contributed by atoms with van der Waals surface area (Å²) >= 11 is 0. The third kappa shape index (κ3) is 2.05. The number of primary amides is 1. The molecule has 1 aliphatic rings. The predicted octanol–water partition coefficient (Wildman–Crippen LogP) is -0.530. The third-order valence-corrected chi connectivity index (χ3v) is 1.56. The van der Waals surface area contributed by atoms with Crippen LogP contribution in [0.2, 0.25) is 0 Å². The first-order valence-electron chi connectivity index (χ1n) is 3.72. The highest BCUT2D eigenvalue weighted by atomic mass is 16.2. The summed E-state index contributed by atoms with van der Waals surface area (Å²) in [5.74, 6) is -0.476. The van der Waals surface area contributed by atoms with Gasteiger partial charge in [0.1, 0.15) is 0 Å². The van der Waals surface area contributed by atoms with Gasteiger partial charge in [0.05, 0.1) is 13.0 Å². The minimum Gasteiger partial charge on any atom is -0.370 e. The summed E-state index contributed by atoms with van der Waals surface area (Å²) in [6.07, 6.45) is 0.529. The number of amides is 2. The number of nitrogens with two attached hydrogens (primary N) is 1. The lowest BCUT2D eigenvalue weighted by Gasteiger charge is -2.08. The van der Waals surface area contributed by atoms with E-state index in [0.29, 0.717) is 13.0 Å². The zero-order valence-electron chi connectivity index (χ0n) is 6.91. The van der Waals surface area contributed by atoms with E-state index in [9.17, 15) is 9.59 Å². The zero-order chi connectivity index (χ0) is 9.14. The Hall–Kier alpha value is -1.39. The molecule has 66 valence electrons. The molecular weight excluding hydrogens is 158 g/mol. The molecule has 2 amide bonds. The van der Waals surface area contributed by atoms with Crippen molar-refractivity contribution in [3.05, 3.63) is 0 Å². The van der Waals surface area contributed by atoms with Gasteiger partial charge in [-0.2, -0.15) is 5.10 Å². The molecule has 0 saturated heterocycles. The molecule has 5 nitrogen and oxygen atoms in total. The van der Waals surface area contributed by atoms with E-state index in [1.54, 1.807) is 6.92 Å². The van der Waals surface area contributed by atoms with Crippen LogP contribution < -0.4 is 5.73 Å². The first-order chi connectivity index (χ1) is 5.59. The quantitative estimate of drug-likeness (QED) is 0.616. The van der Waals surface area contributed by atoms with Crippen LogP contribution in [0, 0.1) is 0 Å². The van der Waals surface area contributed by atoms with Gasteiger partial charge in [0, 0.05) is 12.1 Å². The topological polar surface area (TPSA) is 75.8 Å². The molecule has 0 spiro atoms. The van der Waals surface area contributed by atoms with Crippen LogP contribution in [0.4, 0.5) is 0 Å². The number of rotatable bonds is 3. The van der Waals surface area contributed by atoms with E-state index in [1.807, 2.05) is 0 Å². The van der Waals surface area contributed by atoms with Crippen molar-refractivity contribution >= 4 is 17.5 Å². The molecule has 1 aliphatic heterocycles. The predicted molar refractivity (Wildman–Crippen MR) is 43.3 cm³/mol. The van der Waals surface area contributed by atoms with Gasteiger partial charge in [-0.15, -0.1) is 0 Å². The highest BCUT2D eigenvalue weighted by Crippen LogP contribution is 2.07. The molecule has 0 unspecified atom stereocenters. The third-order valence-electron chi connectivity index (χ3n) is 1.56. The van der Waals surface area contributed by atoms with Crippen molar-refractivity contribution in [3.8, 4) is 0 Å². The Morgan fingerprint density at radius 1 is 1.75 bits per heavy atom. The Morgan fingerprint density at radius 2 is 2.42 bits per heavy atom. The van der Waals surface area contributed by atoms with Crippen LogP contribution >= 0.6 is 0 Å². The minimum atomic E-state index is -0.414. The molecule has 2 N–H and O–H groups in total. The van der Waals surface area contributed by atoms with E-state index < -0.39 is 5.91 Å². The Morgan fingerprint density at radius 3 is 2.83 bits per heavy atom. The molecule has 5 heteroatoms. The molecule has 0 aromatic rings. The van der Waals surface area contributed by atoms with Crippen molar-refractivity contribution in [3.63, 3.8) is 0 Å². The second-order valence-corrected chi connectivity index (χ2v) is 2.75. The Labute approximate surface area is 70.2 Å². The average Bonchev–Trinajstić information content (AvgIpc) is 2.26. The first-order valence-corrected chi connectivity index (χ1v) is 3.72. The molecule has 0 fully saturated rings. The Kier molecular flexibility index (Phi) is 2.42. The maximum atomic E-state index is 11.1. The van der Waals surface area contributed by atoms with Crippen LogP contribution in [0.25, 0.3) is 0 Å². The standard InChI is InChI=1S/C7H11N3O2/c1-5-4-7(12)10(9-5)3-2-6(8)11/h2-4H2,1H3,(H2,8,11). The van der Waals surface area contributed by atoms with Crippen LogP contribution in [-0.4, -0.2) is 29.1 Å². The maximum Gasteiger partial charge on any atom is 0.248 e. The van der Waals surface area contributed by atoms with E-state index in [2.05, 4.69) is 5.10 Å². The summed E-state index contributed by atoms with van der Waals surface area (Å²) in [4.78, 5) is 21.4. The van der Waals surface area contributed by atoms with Gasteiger partial charge in [-0.1, -0.05) is 0 Å². The summed E-state index contributed by atoms with van der Waals surface area (Å²) < 4.78 is 0. The molecule has 0 aliphatic carbocycles. The molecule has 0 aromatic heterocycles. The number of hydrogen-bond donors (Lipinski definition) is 1. The smallest absolute Gasteiger partial charge is 0.248 e. The first kappa shape index (κ1) is 8.70. The maximum absolute atomic E-state index is 11.1. The molecule has 1 rings (SSSR count). The fourth-order valence-corrected chi connectivity index (χ4v) is 0.998. The Balaban J connectivity index is 2.42. The van der Waals surface area contributed by atoms with Crippen molar-refractivity contribution in [1.29, 1.82) is 0 Å². The minimum absolute atomic E-state index is 0.0613. The summed E-state index contributed by atoms with van der Waals surface area (Å²) in [7, 11) is 0. The number of hydrogen-bond acceptors (Lipinski definition) is 3. The van der Waals surface area contributed by atoms with E-state index in [-0.39, 0.29) is 12.3 Å². The van der Waals surface area contributed by atoms with E-state index >= 15 is 0 Å². The number of carbonyl (C=O) groups excluding carboxylic acids is 2. The van der Waals surface area contributed by atoms with Crippen LogP contribution in [0.5, 0.6) is 0 Å². The van der Waals surface area contributed by atoms with Crippen LogP contribution in [-0.2, 0) is 9.59 Å². The lowest BCUT2D eigenvalue weighted by atomic mass is 10.3. The number of nitrogens with zero attached hydrogens (tertiary/aromatic N) is 2. The van der Waals surface area contributed by atoms with Gasteiger partial charge in [-0.25, -0.2) is 5.01 Å². The zero-order valence-corrected chi connectivity index (χ0v) is 6.91. The van der Waals surface area contributed by atoms with Crippen molar-refractivity contribution in [2.45, 2.75) is 19.8 Å². The molecule has 0 radical (unpaired) electrons. The van der Waals surface area contributed by atoms with Gasteiger partial charge in [0.15, 0.2) is 0 Å². The van der Waals surface area contributed by atoms with Gasteiger partial charge in [-0.05, 0) is 6.92 Å². The molecule has 12 heavy (non-hydrogen) atoms. The monoisotopic (exact) mass is 169 g/mol.